The van der Waals surface area contributed by atoms with Gasteiger partial charge in [0, 0.05) is 13.0 Å². The van der Waals surface area contributed by atoms with E-state index in [1.165, 1.54) is 0 Å². The number of nitrogens with one attached hydrogen (secondary N) is 1. The predicted octanol–water partition coefficient (Wildman–Crippen LogP) is 3.01. The van der Waals surface area contributed by atoms with Gasteiger partial charge in [-0.25, -0.2) is 13.1 Å². The number of ether oxygens (including phenoxy) is 2. The third-order valence-corrected chi connectivity index (χ3v) is 5.35. The Bertz CT molecular complexity index is 866. The van der Waals surface area contributed by atoms with Crippen LogP contribution in [-0.4, -0.2) is 27.4 Å². The second-order valence-corrected chi connectivity index (χ2v) is 7.54. The van der Waals surface area contributed by atoms with Crippen molar-refractivity contribution in [1.82, 2.24) is 4.72 Å². The highest BCUT2D eigenvalue weighted by Crippen LogP contribution is 2.24. The first kappa shape index (κ1) is 18.7. The molecule has 9 heteroatoms. The van der Waals surface area contributed by atoms with E-state index in [4.69, 9.17) is 4.74 Å². The largest absolute Gasteiger partial charge is 0.573 e. The molecular formula is C17H16F3NO4S. The molecule has 0 saturated heterocycles. The minimum atomic E-state index is -4.83. The average Bonchev–Trinajstić information content (AvgIpc) is 2.59. The molecule has 2 aromatic carbocycles. The molecule has 5 nitrogen and oxygen atoms in total. The zero-order valence-electron chi connectivity index (χ0n) is 13.5. The van der Waals surface area contributed by atoms with E-state index >= 15 is 0 Å². The molecule has 1 unspecified atom stereocenters. The Morgan fingerprint density at radius 2 is 1.73 bits per heavy atom. The van der Waals surface area contributed by atoms with E-state index in [0.717, 1.165) is 35.4 Å². The summed E-state index contributed by atoms with van der Waals surface area (Å²) in [5.74, 6) is -0.483. The molecule has 140 valence electrons. The van der Waals surface area contributed by atoms with Crippen LogP contribution in [-0.2, 0) is 27.8 Å². The minimum absolute atomic E-state index is 0.0669. The monoisotopic (exact) mass is 387 g/mol. The van der Waals surface area contributed by atoms with Crippen LogP contribution in [0.5, 0.6) is 5.75 Å². The maximum Gasteiger partial charge on any atom is 0.573 e. The van der Waals surface area contributed by atoms with E-state index in [0.29, 0.717) is 13.0 Å². The molecule has 0 saturated carbocycles. The van der Waals surface area contributed by atoms with Crippen molar-refractivity contribution >= 4 is 10.0 Å². The van der Waals surface area contributed by atoms with Gasteiger partial charge < -0.3 is 9.47 Å². The summed E-state index contributed by atoms with van der Waals surface area (Å²) in [7, 11) is -3.86. The number of alkyl halides is 3. The third-order valence-electron chi connectivity index (χ3n) is 3.91. The lowest BCUT2D eigenvalue weighted by Crippen LogP contribution is -2.36. The summed E-state index contributed by atoms with van der Waals surface area (Å²) in [6.45, 7) is 0.476. The first-order valence-electron chi connectivity index (χ1n) is 7.77. The van der Waals surface area contributed by atoms with Crippen molar-refractivity contribution in [3.63, 3.8) is 0 Å². The number of rotatable bonds is 5. The lowest BCUT2D eigenvalue weighted by Gasteiger charge is -2.25. The van der Waals surface area contributed by atoms with Crippen LogP contribution in [0.15, 0.2) is 53.4 Å². The number of hydrogen-bond donors (Lipinski definition) is 1. The molecule has 0 fully saturated rings. The van der Waals surface area contributed by atoms with Gasteiger partial charge in [0.1, 0.15) is 5.75 Å². The fourth-order valence-corrected chi connectivity index (χ4v) is 3.71. The summed E-state index contributed by atoms with van der Waals surface area (Å²) in [6.07, 6.45) is -4.56. The third kappa shape index (κ3) is 4.75. The lowest BCUT2D eigenvalue weighted by molar-refractivity contribution is -0.274. The summed E-state index contributed by atoms with van der Waals surface area (Å²) in [6, 6.07) is 11.8. The predicted molar refractivity (Wildman–Crippen MR) is 87.0 cm³/mol. The molecule has 0 amide bonds. The number of sulfonamides is 1. The van der Waals surface area contributed by atoms with Gasteiger partial charge in [0.25, 0.3) is 0 Å². The molecule has 3 rings (SSSR count). The van der Waals surface area contributed by atoms with Crippen molar-refractivity contribution in [3.8, 4) is 5.75 Å². The highest BCUT2D eigenvalue weighted by atomic mass is 32.2. The minimum Gasteiger partial charge on any atom is -0.406 e. The first-order valence-corrected chi connectivity index (χ1v) is 9.25. The molecular weight excluding hydrogens is 371 g/mol. The molecule has 0 radical (unpaired) electrons. The van der Waals surface area contributed by atoms with Crippen LogP contribution in [0, 0.1) is 0 Å². The van der Waals surface area contributed by atoms with E-state index in [-0.39, 0.29) is 17.5 Å². The maximum atomic E-state index is 12.3. The van der Waals surface area contributed by atoms with Gasteiger partial charge in [0.05, 0.1) is 17.6 Å². The Balaban J connectivity index is 1.61. The summed E-state index contributed by atoms with van der Waals surface area (Å²) in [5.41, 5.74) is 2.18. The van der Waals surface area contributed by atoms with E-state index in [2.05, 4.69) is 9.46 Å². The van der Waals surface area contributed by atoms with Crippen LogP contribution in [0.1, 0.15) is 11.1 Å². The van der Waals surface area contributed by atoms with Gasteiger partial charge in [0.2, 0.25) is 10.0 Å². The van der Waals surface area contributed by atoms with Crippen LogP contribution in [0.4, 0.5) is 13.2 Å². The van der Waals surface area contributed by atoms with Crippen molar-refractivity contribution in [1.29, 1.82) is 0 Å². The van der Waals surface area contributed by atoms with Crippen LogP contribution in [0.25, 0.3) is 0 Å². The van der Waals surface area contributed by atoms with Crippen LogP contribution >= 0.6 is 0 Å². The van der Waals surface area contributed by atoms with E-state index in [1.54, 1.807) is 0 Å². The van der Waals surface area contributed by atoms with Crippen LogP contribution in [0.3, 0.4) is 0 Å². The number of halogens is 3. The SMILES string of the molecule is O=S(=O)(NCC1Cc2ccccc2CO1)c1ccc(OC(F)(F)F)cc1. The van der Waals surface area contributed by atoms with Gasteiger partial charge in [-0.2, -0.15) is 0 Å². The summed E-state index contributed by atoms with van der Waals surface area (Å²) in [4.78, 5) is -0.150. The quantitative estimate of drug-likeness (QED) is 0.857. The highest BCUT2D eigenvalue weighted by molar-refractivity contribution is 7.89. The van der Waals surface area contributed by atoms with Crippen molar-refractivity contribution in [2.24, 2.45) is 0 Å². The second-order valence-electron chi connectivity index (χ2n) is 5.78. The van der Waals surface area contributed by atoms with E-state index in [9.17, 15) is 21.6 Å². The van der Waals surface area contributed by atoms with Gasteiger partial charge in [-0.3, -0.25) is 0 Å². The molecule has 1 aliphatic heterocycles. The Morgan fingerprint density at radius 3 is 2.38 bits per heavy atom. The molecule has 0 spiro atoms. The standard InChI is InChI=1S/C17H16F3NO4S/c18-17(19,20)25-14-5-7-16(8-6-14)26(22,23)21-10-15-9-12-3-1-2-4-13(12)11-24-15/h1-8,15,21H,9-11H2. The number of fused-ring (bicyclic) bond motifs is 1. The molecule has 2 aromatic rings. The van der Waals surface area contributed by atoms with Crippen LogP contribution in [0.2, 0.25) is 0 Å². The highest BCUT2D eigenvalue weighted by Gasteiger charge is 2.31. The van der Waals surface area contributed by atoms with Gasteiger partial charge in [0.15, 0.2) is 0 Å². The molecule has 26 heavy (non-hydrogen) atoms. The van der Waals surface area contributed by atoms with Gasteiger partial charge >= 0.3 is 6.36 Å². The Kier molecular flexibility index (Phi) is 5.22. The summed E-state index contributed by atoms with van der Waals surface area (Å²) in [5, 5.41) is 0. The second kappa shape index (κ2) is 7.26. The Hall–Kier alpha value is -2.10. The molecule has 0 aliphatic carbocycles. The molecule has 0 bridgehead atoms. The average molecular weight is 387 g/mol. The van der Waals surface area contributed by atoms with Gasteiger partial charge in [-0.05, 0) is 35.4 Å². The van der Waals surface area contributed by atoms with Crippen molar-refractivity contribution in [3.05, 3.63) is 59.7 Å². The molecule has 1 aliphatic rings. The fourth-order valence-electron chi connectivity index (χ4n) is 2.65. The Labute approximate surface area is 148 Å². The number of benzene rings is 2. The zero-order valence-corrected chi connectivity index (χ0v) is 14.3. The molecule has 1 N–H and O–H groups in total. The molecule has 1 atom stereocenters. The van der Waals surface area contributed by atoms with Crippen molar-refractivity contribution < 1.29 is 31.1 Å². The normalized spacial score (nSPS) is 17.6. The van der Waals surface area contributed by atoms with E-state index < -0.39 is 22.1 Å². The van der Waals surface area contributed by atoms with Crippen molar-refractivity contribution in [2.45, 2.75) is 30.4 Å². The fraction of sp³-hybridized carbons (Fsp3) is 0.294. The van der Waals surface area contributed by atoms with Gasteiger partial charge in [-0.15, -0.1) is 13.2 Å². The van der Waals surface area contributed by atoms with Crippen molar-refractivity contribution in [2.75, 3.05) is 6.54 Å². The molecule has 1 heterocycles. The summed E-state index contributed by atoms with van der Waals surface area (Å²) >= 11 is 0. The Morgan fingerprint density at radius 1 is 1.08 bits per heavy atom. The topological polar surface area (TPSA) is 64.6 Å². The lowest BCUT2D eigenvalue weighted by atomic mass is 9.99. The molecule has 0 aromatic heterocycles. The number of hydrogen-bond acceptors (Lipinski definition) is 4. The maximum absolute atomic E-state index is 12.3. The van der Waals surface area contributed by atoms with E-state index in [1.807, 2.05) is 24.3 Å². The first-order chi connectivity index (χ1) is 12.2. The smallest absolute Gasteiger partial charge is 0.406 e. The van der Waals surface area contributed by atoms with Crippen LogP contribution < -0.4 is 9.46 Å². The summed E-state index contributed by atoms with van der Waals surface area (Å²) < 4.78 is 72.8. The zero-order chi connectivity index (χ0) is 18.8. The van der Waals surface area contributed by atoms with Gasteiger partial charge in [-0.1, -0.05) is 24.3 Å².